The van der Waals surface area contributed by atoms with E-state index < -0.39 is 15.9 Å². The van der Waals surface area contributed by atoms with Gasteiger partial charge < -0.3 is 5.32 Å². The highest BCUT2D eigenvalue weighted by atomic mass is 32.2. The Morgan fingerprint density at radius 3 is 2.65 bits per heavy atom. The van der Waals surface area contributed by atoms with Gasteiger partial charge in [-0.15, -0.1) is 12.6 Å². The SMILES string of the molecule is CC(CS(C)(=O)=O)NC(=O)c1cccc(S)c1. The fourth-order valence-corrected chi connectivity index (χ4v) is 2.67. The summed E-state index contributed by atoms with van der Waals surface area (Å²) in [5, 5.41) is 2.63. The first kappa shape index (κ1) is 14.1. The molecule has 1 N–H and O–H groups in total. The first-order valence-electron chi connectivity index (χ1n) is 5.05. The van der Waals surface area contributed by atoms with E-state index in [0.29, 0.717) is 10.5 Å². The summed E-state index contributed by atoms with van der Waals surface area (Å²) >= 11 is 4.13. The van der Waals surface area contributed by atoms with Gasteiger partial charge in [-0.2, -0.15) is 0 Å². The maximum Gasteiger partial charge on any atom is 0.251 e. The highest BCUT2D eigenvalue weighted by Crippen LogP contribution is 2.08. The Morgan fingerprint density at radius 1 is 1.47 bits per heavy atom. The number of sulfone groups is 1. The van der Waals surface area contributed by atoms with Gasteiger partial charge in [-0.3, -0.25) is 4.79 Å². The van der Waals surface area contributed by atoms with E-state index in [1.165, 1.54) is 0 Å². The molecule has 6 heteroatoms. The number of carbonyl (C=O) groups is 1. The van der Waals surface area contributed by atoms with Crippen LogP contribution in [-0.4, -0.2) is 32.4 Å². The Hall–Kier alpha value is -1.01. The molecular weight excluding hydrogens is 258 g/mol. The van der Waals surface area contributed by atoms with E-state index >= 15 is 0 Å². The van der Waals surface area contributed by atoms with Crippen LogP contribution in [0.25, 0.3) is 0 Å². The van der Waals surface area contributed by atoms with Crippen LogP contribution in [0, 0.1) is 0 Å². The smallest absolute Gasteiger partial charge is 0.251 e. The van der Waals surface area contributed by atoms with Crippen LogP contribution in [-0.2, 0) is 9.84 Å². The summed E-state index contributed by atoms with van der Waals surface area (Å²) in [7, 11) is -3.09. The molecule has 0 heterocycles. The van der Waals surface area contributed by atoms with Gasteiger partial charge in [0.05, 0.1) is 5.75 Å². The van der Waals surface area contributed by atoms with Gasteiger partial charge in [0, 0.05) is 22.8 Å². The van der Waals surface area contributed by atoms with Gasteiger partial charge in [0.2, 0.25) is 0 Å². The predicted octanol–water partition coefficient (Wildman–Crippen LogP) is 1.14. The predicted molar refractivity (Wildman–Crippen MR) is 70.3 cm³/mol. The first-order valence-corrected chi connectivity index (χ1v) is 7.56. The van der Waals surface area contributed by atoms with Crippen molar-refractivity contribution in [2.75, 3.05) is 12.0 Å². The number of nitrogens with one attached hydrogen (secondary N) is 1. The number of carbonyl (C=O) groups excluding carboxylic acids is 1. The molecule has 0 aliphatic heterocycles. The first-order chi connectivity index (χ1) is 7.78. The van der Waals surface area contributed by atoms with Crippen LogP contribution in [0.4, 0.5) is 0 Å². The van der Waals surface area contributed by atoms with Crippen molar-refractivity contribution in [2.24, 2.45) is 0 Å². The number of amides is 1. The highest BCUT2D eigenvalue weighted by molar-refractivity contribution is 7.90. The molecule has 1 unspecified atom stereocenters. The maximum atomic E-state index is 11.8. The van der Waals surface area contributed by atoms with Crippen LogP contribution in [0.1, 0.15) is 17.3 Å². The Balaban J connectivity index is 2.67. The normalized spacial score (nSPS) is 13.1. The molecule has 94 valence electrons. The fraction of sp³-hybridized carbons (Fsp3) is 0.364. The van der Waals surface area contributed by atoms with Crippen LogP contribution >= 0.6 is 12.6 Å². The topological polar surface area (TPSA) is 63.2 Å². The van der Waals surface area contributed by atoms with E-state index in [4.69, 9.17) is 0 Å². The number of benzene rings is 1. The van der Waals surface area contributed by atoms with Crippen molar-refractivity contribution in [3.8, 4) is 0 Å². The van der Waals surface area contributed by atoms with E-state index in [1.54, 1.807) is 31.2 Å². The van der Waals surface area contributed by atoms with Gasteiger partial charge in [0.25, 0.3) is 5.91 Å². The summed E-state index contributed by atoms with van der Waals surface area (Å²) in [6.45, 7) is 1.66. The van der Waals surface area contributed by atoms with Crippen molar-refractivity contribution in [2.45, 2.75) is 17.9 Å². The molecule has 1 aromatic rings. The monoisotopic (exact) mass is 273 g/mol. The molecule has 1 amide bonds. The molecule has 1 rings (SSSR count). The van der Waals surface area contributed by atoms with Crippen LogP contribution in [0.15, 0.2) is 29.2 Å². The van der Waals surface area contributed by atoms with Gasteiger partial charge in [0.1, 0.15) is 9.84 Å². The van der Waals surface area contributed by atoms with Gasteiger partial charge in [-0.05, 0) is 25.1 Å². The van der Waals surface area contributed by atoms with E-state index in [9.17, 15) is 13.2 Å². The lowest BCUT2D eigenvalue weighted by Crippen LogP contribution is -2.37. The third kappa shape index (κ3) is 5.23. The number of hydrogen-bond acceptors (Lipinski definition) is 4. The zero-order valence-electron chi connectivity index (χ0n) is 9.67. The standard InChI is InChI=1S/C11H15NO3S2/c1-8(7-17(2,14)15)12-11(13)9-4-3-5-10(16)6-9/h3-6,8,16H,7H2,1-2H3,(H,12,13). The molecule has 4 nitrogen and oxygen atoms in total. The summed E-state index contributed by atoms with van der Waals surface area (Å²) in [4.78, 5) is 12.4. The second-order valence-corrected chi connectivity index (χ2v) is 6.72. The average Bonchev–Trinajstić information content (AvgIpc) is 2.14. The van der Waals surface area contributed by atoms with Crippen LogP contribution in [0.5, 0.6) is 0 Å². The fourth-order valence-electron chi connectivity index (χ4n) is 1.45. The summed E-state index contributed by atoms with van der Waals surface area (Å²) in [6.07, 6.45) is 1.14. The zero-order valence-corrected chi connectivity index (χ0v) is 11.4. The van der Waals surface area contributed by atoms with Crippen LogP contribution in [0.2, 0.25) is 0 Å². The van der Waals surface area contributed by atoms with Crippen molar-refractivity contribution in [3.63, 3.8) is 0 Å². The zero-order chi connectivity index (χ0) is 13.1. The lowest BCUT2D eigenvalue weighted by molar-refractivity contribution is 0.0943. The van der Waals surface area contributed by atoms with Crippen molar-refractivity contribution in [3.05, 3.63) is 29.8 Å². The second kappa shape index (κ2) is 5.55. The Kier molecular flexibility index (Phi) is 4.59. The molecule has 0 radical (unpaired) electrons. The van der Waals surface area contributed by atoms with Gasteiger partial charge >= 0.3 is 0 Å². The van der Waals surface area contributed by atoms with E-state index in [-0.39, 0.29) is 11.7 Å². The molecule has 0 saturated carbocycles. The minimum Gasteiger partial charge on any atom is -0.349 e. The number of rotatable bonds is 4. The molecule has 1 aromatic carbocycles. The molecule has 0 aliphatic rings. The van der Waals surface area contributed by atoms with Gasteiger partial charge in [-0.1, -0.05) is 6.07 Å². The number of thiol groups is 1. The average molecular weight is 273 g/mol. The Morgan fingerprint density at radius 2 is 2.12 bits per heavy atom. The van der Waals surface area contributed by atoms with Crippen molar-refractivity contribution < 1.29 is 13.2 Å². The molecule has 0 aliphatic carbocycles. The van der Waals surface area contributed by atoms with Crippen molar-refractivity contribution in [1.82, 2.24) is 5.32 Å². The summed E-state index contributed by atoms with van der Waals surface area (Å²) in [5.74, 6) is -0.365. The molecular formula is C11H15NO3S2. The van der Waals surface area contributed by atoms with E-state index in [0.717, 1.165) is 6.26 Å². The lowest BCUT2D eigenvalue weighted by atomic mass is 10.2. The molecule has 0 fully saturated rings. The van der Waals surface area contributed by atoms with E-state index in [1.807, 2.05) is 0 Å². The molecule has 0 bridgehead atoms. The second-order valence-electron chi connectivity index (χ2n) is 4.02. The van der Waals surface area contributed by atoms with Gasteiger partial charge in [0.15, 0.2) is 0 Å². The van der Waals surface area contributed by atoms with Gasteiger partial charge in [-0.25, -0.2) is 8.42 Å². The highest BCUT2D eigenvalue weighted by Gasteiger charge is 2.14. The third-order valence-corrected chi connectivity index (χ3v) is 3.42. The molecule has 0 aromatic heterocycles. The van der Waals surface area contributed by atoms with E-state index in [2.05, 4.69) is 17.9 Å². The quantitative estimate of drug-likeness (QED) is 0.809. The maximum absolute atomic E-state index is 11.8. The summed E-state index contributed by atoms with van der Waals surface area (Å²) in [6, 6.07) is 6.35. The minimum absolute atomic E-state index is 0.0701. The molecule has 0 saturated heterocycles. The van der Waals surface area contributed by atoms with Crippen molar-refractivity contribution >= 4 is 28.4 Å². The Bertz CT molecular complexity index is 511. The third-order valence-electron chi connectivity index (χ3n) is 2.04. The van der Waals surface area contributed by atoms with Crippen LogP contribution < -0.4 is 5.32 Å². The molecule has 17 heavy (non-hydrogen) atoms. The van der Waals surface area contributed by atoms with Crippen LogP contribution in [0.3, 0.4) is 0 Å². The molecule has 1 atom stereocenters. The Labute approximate surface area is 107 Å². The summed E-state index contributed by atoms with van der Waals surface area (Å²) < 4.78 is 22.1. The summed E-state index contributed by atoms with van der Waals surface area (Å²) in [5.41, 5.74) is 0.470. The largest absolute Gasteiger partial charge is 0.349 e. The lowest BCUT2D eigenvalue weighted by Gasteiger charge is -2.12. The number of hydrogen-bond donors (Lipinski definition) is 2. The minimum atomic E-state index is -3.09. The van der Waals surface area contributed by atoms with Crippen molar-refractivity contribution in [1.29, 1.82) is 0 Å². The molecule has 0 spiro atoms.